The average molecular weight is 599 g/mol. The number of H-pyrrole nitrogens is 1. The lowest BCUT2D eigenvalue weighted by molar-refractivity contribution is 0.0506. The van der Waals surface area contributed by atoms with Gasteiger partial charge in [0.25, 0.3) is 0 Å². The monoisotopic (exact) mass is 598 g/mol. The van der Waals surface area contributed by atoms with Crippen LogP contribution in [-0.2, 0) is 17.7 Å². The minimum absolute atomic E-state index is 0.00440. The second-order valence-corrected chi connectivity index (χ2v) is 11.6. The highest BCUT2D eigenvalue weighted by molar-refractivity contribution is 6.12. The van der Waals surface area contributed by atoms with Crippen LogP contribution >= 0.6 is 0 Å². The first-order chi connectivity index (χ1) is 21.3. The molecule has 0 radical (unpaired) electrons. The van der Waals surface area contributed by atoms with Gasteiger partial charge in [-0.1, -0.05) is 6.07 Å². The minimum atomic E-state index is -0.835. The molecule has 1 saturated heterocycles. The van der Waals surface area contributed by atoms with E-state index in [1.54, 1.807) is 6.92 Å². The molecule has 0 amide bonds. The van der Waals surface area contributed by atoms with Crippen LogP contribution in [-0.4, -0.2) is 56.7 Å². The highest BCUT2D eigenvalue weighted by Gasteiger charge is 2.24. The molecule has 44 heavy (non-hydrogen) atoms. The zero-order valence-corrected chi connectivity index (χ0v) is 24.3. The van der Waals surface area contributed by atoms with E-state index >= 15 is 0 Å². The number of nitrogens with zero attached hydrogens (tertiary/aromatic N) is 4. The van der Waals surface area contributed by atoms with E-state index in [0.717, 1.165) is 75.1 Å². The average Bonchev–Trinajstić information content (AvgIpc) is 3.61. The number of benzene rings is 2. The van der Waals surface area contributed by atoms with Crippen molar-refractivity contribution in [2.45, 2.75) is 32.7 Å². The van der Waals surface area contributed by atoms with Crippen LogP contribution in [0.15, 0.2) is 54.9 Å². The summed E-state index contributed by atoms with van der Waals surface area (Å²) < 4.78 is 40.4. The van der Waals surface area contributed by atoms with Crippen LogP contribution in [0.1, 0.15) is 45.6 Å². The molecular weight excluding hydrogens is 566 g/mol. The second kappa shape index (κ2) is 11.5. The summed E-state index contributed by atoms with van der Waals surface area (Å²) in [4.78, 5) is 23.6. The fraction of sp³-hybridized carbons (Fsp3) is 0.303. The summed E-state index contributed by atoms with van der Waals surface area (Å²) in [6, 6.07) is 11.2. The van der Waals surface area contributed by atoms with Crippen molar-refractivity contribution in [3.8, 4) is 17.3 Å². The summed E-state index contributed by atoms with van der Waals surface area (Å²) in [5.74, 6) is -1.64. The molecule has 1 fully saturated rings. The number of pyridine rings is 1. The van der Waals surface area contributed by atoms with Gasteiger partial charge in [-0.25, -0.2) is 18.4 Å². The number of aryl methyl sites for hydroxylation is 1. The molecule has 2 aliphatic heterocycles. The van der Waals surface area contributed by atoms with E-state index in [9.17, 15) is 13.6 Å². The summed E-state index contributed by atoms with van der Waals surface area (Å²) in [7, 11) is 0. The van der Waals surface area contributed by atoms with Crippen LogP contribution in [0.2, 0.25) is 0 Å². The molecule has 7 rings (SSSR count). The lowest BCUT2D eigenvalue weighted by Crippen LogP contribution is -2.36. The third-order valence-corrected chi connectivity index (χ3v) is 8.60. The first-order valence-electron chi connectivity index (χ1n) is 14.8. The van der Waals surface area contributed by atoms with Crippen molar-refractivity contribution < 1.29 is 23.0 Å². The van der Waals surface area contributed by atoms with Crippen LogP contribution in [0.5, 0.6) is 11.6 Å². The first kappa shape index (κ1) is 28.2. The molecule has 0 atom stereocenters. The fourth-order valence-corrected chi connectivity index (χ4v) is 6.18. The summed E-state index contributed by atoms with van der Waals surface area (Å²) in [5, 5.41) is 5.33. The van der Waals surface area contributed by atoms with Gasteiger partial charge in [0, 0.05) is 49.8 Å². The molecule has 0 spiro atoms. The molecule has 0 aliphatic carbocycles. The van der Waals surface area contributed by atoms with Crippen molar-refractivity contribution in [2.75, 3.05) is 32.0 Å². The van der Waals surface area contributed by atoms with E-state index in [1.165, 1.54) is 40.3 Å². The molecule has 9 nitrogen and oxygen atoms in total. The zero-order valence-electron chi connectivity index (χ0n) is 24.3. The van der Waals surface area contributed by atoms with Crippen molar-refractivity contribution in [1.29, 1.82) is 0 Å². The van der Waals surface area contributed by atoms with Gasteiger partial charge in [-0.05, 0) is 79.1 Å². The number of ketones is 1. The standard InChI is InChI=1S/C33H32F2N6O3/c1-19-11-30(44-32-25(34)3-2-4-26(32)35)37-16-29(19)41-33(36)24(15-38-41)31(42)28-14-22-12-23-18-40(17-20-6-9-43-10-7-20)8-5-21(23)13-27(22)39-28/h2-4,11-16,20,39H,5-10,17-18,36H2,1H3. The van der Waals surface area contributed by atoms with Crippen molar-refractivity contribution >= 4 is 22.5 Å². The molecule has 3 aromatic heterocycles. The summed E-state index contributed by atoms with van der Waals surface area (Å²) >= 11 is 0. The van der Waals surface area contributed by atoms with Crippen molar-refractivity contribution in [3.05, 3.63) is 94.4 Å². The number of ether oxygens (including phenoxy) is 2. The third-order valence-electron chi connectivity index (χ3n) is 8.60. The van der Waals surface area contributed by atoms with Gasteiger partial charge in [-0.2, -0.15) is 5.10 Å². The van der Waals surface area contributed by atoms with Crippen LogP contribution in [0.3, 0.4) is 0 Å². The molecule has 226 valence electrons. The van der Waals surface area contributed by atoms with Gasteiger partial charge in [-0.3, -0.25) is 9.69 Å². The van der Waals surface area contributed by atoms with Gasteiger partial charge in [-0.15, -0.1) is 0 Å². The molecule has 3 N–H and O–H groups in total. The maximum Gasteiger partial charge on any atom is 0.219 e. The lowest BCUT2D eigenvalue weighted by Gasteiger charge is -2.33. The second-order valence-electron chi connectivity index (χ2n) is 11.6. The topological polar surface area (TPSA) is 111 Å². The van der Waals surface area contributed by atoms with Crippen molar-refractivity contribution in [2.24, 2.45) is 5.92 Å². The van der Waals surface area contributed by atoms with E-state index in [2.05, 4.69) is 32.1 Å². The highest BCUT2D eigenvalue weighted by atomic mass is 19.1. The Kier molecular flexibility index (Phi) is 7.35. The molecule has 2 aromatic carbocycles. The van der Waals surface area contributed by atoms with Gasteiger partial charge in [0.05, 0.1) is 29.3 Å². The fourth-order valence-electron chi connectivity index (χ4n) is 6.18. The predicted octanol–water partition coefficient (Wildman–Crippen LogP) is 5.73. The Morgan fingerprint density at radius 3 is 2.68 bits per heavy atom. The van der Waals surface area contributed by atoms with E-state index in [-0.39, 0.29) is 23.0 Å². The number of rotatable bonds is 7. The number of fused-ring (bicyclic) bond motifs is 2. The zero-order chi connectivity index (χ0) is 30.4. The van der Waals surface area contributed by atoms with Crippen LogP contribution < -0.4 is 10.5 Å². The number of aromatic nitrogens is 4. The number of aromatic amines is 1. The molecule has 0 saturated carbocycles. The number of nitrogens with two attached hydrogens (primary N) is 1. The van der Waals surface area contributed by atoms with Gasteiger partial charge >= 0.3 is 0 Å². The van der Waals surface area contributed by atoms with Crippen LogP contribution in [0.4, 0.5) is 14.6 Å². The predicted molar refractivity (Wildman–Crippen MR) is 161 cm³/mol. The molecule has 5 aromatic rings. The van der Waals surface area contributed by atoms with E-state index in [4.69, 9.17) is 15.2 Å². The number of para-hydroxylation sites is 1. The van der Waals surface area contributed by atoms with Crippen molar-refractivity contribution in [3.63, 3.8) is 0 Å². The minimum Gasteiger partial charge on any atom is -0.433 e. The number of hydrogen-bond donors (Lipinski definition) is 2. The van der Waals surface area contributed by atoms with Gasteiger partial charge in [0.1, 0.15) is 5.82 Å². The Balaban J connectivity index is 1.10. The Morgan fingerprint density at radius 2 is 1.91 bits per heavy atom. The highest BCUT2D eigenvalue weighted by Crippen LogP contribution is 2.31. The quantitative estimate of drug-likeness (QED) is 0.230. The van der Waals surface area contributed by atoms with Crippen LogP contribution in [0.25, 0.3) is 16.6 Å². The molecule has 2 aliphatic rings. The number of nitrogens with one attached hydrogen (secondary N) is 1. The molecular formula is C33H32F2N6O3. The SMILES string of the molecule is Cc1cc(Oc2c(F)cccc2F)ncc1-n1ncc(C(=O)c2cc3cc4c(cc3[nH]2)CCN(CC2CCOCC2)C4)c1N. The van der Waals surface area contributed by atoms with Gasteiger partial charge in [0.15, 0.2) is 11.6 Å². The third kappa shape index (κ3) is 5.33. The van der Waals surface area contributed by atoms with Gasteiger partial charge < -0.3 is 20.2 Å². The number of carbonyl (C=O) groups excluding carboxylic acids is 1. The maximum absolute atomic E-state index is 14.0. The normalized spacial score (nSPS) is 15.9. The Morgan fingerprint density at radius 1 is 1.11 bits per heavy atom. The maximum atomic E-state index is 14.0. The molecule has 11 heteroatoms. The molecule has 0 bridgehead atoms. The smallest absolute Gasteiger partial charge is 0.219 e. The largest absolute Gasteiger partial charge is 0.433 e. The number of anilines is 1. The van der Waals surface area contributed by atoms with Gasteiger partial charge in [0.2, 0.25) is 17.4 Å². The Bertz CT molecular complexity index is 1860. The van der Waals surface area contributed by atoms with E-state index in [1.807, 2.05) is 6.07 Å². The van der Waals surface area contributed by atoms with Crippen molar-refractivity contribution in [1.82, 2.24) is 24.6 Å². The number of nitrogen functional groups attached to an aromatic ring is 1. The number of carbonyl (C=O) groups is 1. The summed E-state index contributed by atoms with van der Waals surface area (Å²) in [5.41, 5.74) is 11.7. The first-order valence-corrected chi connectivity index (χ1v) is 14.8. The molecule has 5 heterocycles. The number of hydrogen-bond acceptors (Lipinski definition) is 7. The molecule has 0 unspecified atom stereocenters. The van der Waals surface area contributed by atoms with E-state index < -0.39 is 17.4 Å². The Hall–Kier alpha value is -4.61. The van der Waals surface area contributed by atoms with Crippen LogP contribution in [0, 0.1) is 24.5 Å². The Labute approximate surface area is 252 Å². The van der Waals surface area contributed by atoms with E-state index in [0.29, 0.717) is 22.9 Å². The lowest BCUT2D eigenvalue weighted by atomic mass is 9.95. The summed E-state index contributed by atoms with van der Waals surface area (Å²) in [6.45, 7) is 6.50. The number of halogens is 2. The summed E-state index contributed by atoms with van der Waals surface area (Å²) in [6.07, 6.45) is 6.08.